The first-order valence-corrected chi connectivity index (χ1v) is 11.8. The van der Waals surface area contributed by atoms with Gasteiger partial charge in [0.2, 0.25) is 0 Å². The Kier molecular flexibility index (Phi) is 4.48. The molecule has 0 atom stereocenters. The maximum absolute atomic E-state index is 2.37. The average molecular weight is 430 g/mol. The largest absolute Gasteiger partial charge is 0.309 e. The lowest BCUT2D eigenvalue weighted by Gasteiger charge is -2.08. The van der Waals surface area contributed by atoms with Gasteiger partial charge in [-0.2, -0.15) is 0 Å². The summed E-state index contributed by atoms with van der Waals surface area (Å²) in [6, 6.07) is 33.1. The molecule has 0 bridgehead atoms. The normalized spacial score (nSPS) is 13.1. The summed E-state index contributed by atoms with van der Waals surface area (Å²) < 4.78 is 5.06. The average Bonchev–Trinajstić information content (AvgIpc) is 3.38. The predicted molar refractivity (Wildman–Crippen MR) is 141 cm³/mol. The van der Waals surface area contributed by atoms with Crippen molar-refractivity contribution >= 4 is 55.4 Å². The third kappa shape index (κ3) is 2.84. The fourth-order valence-corrected chi connectivity index (χ4v) is 5.94. The van der Waals surface area contributed by atoms with Crippen LogP contribution in [0.3, 0.4) is 0 Å². The molecule has 6 aromatic rings. The first-order valence-electron chi connectivity index (χ1n) is 11.0. The molecule has 154 valence electrons. The molecule has 4 aromatic carbocycles. The molecule has 6 rings (SSSR count). The zero-order chi connectivity index (χ0) is 21.7. The van der Waals surface area contributed by atoms with Gasteiger partial charge in [0.15, 0.2) is 0 Å². The molecule has 0 saturated carbocycles. The van der Waals surface area contributed by atoms with Crippen LogP contribution in [0.5, 0.6) is 0 Å². The van der Waals surface area contributed by atoms with E-state index in [9.17, 15) is 0 Å². The van der Waals surface area contributed by atoms with Gasteiger partial charge in [0, 0.05) is 31.1 Å². The van der Waals surface area contributed by atoms with E-state index >= 15 is 0 Å². The van der Waals surface area contributed by atoms with Crippen molar-refractivity contribution in [3.8, 4) is 16.8 Å². The first kappa shape index (κ1) is 19.1. The number of rotatable bonds is 2. The molecular formula is C30H23NS. The van der Waals surface area contributed by atoms with E-state index in [1.165, 1.54) is 58.5 Å². The highest BCUT2D eigenvalue weighted by atomic mass is 32.1. The van der Waals surface area contributed by atoms with Crippen LogP contribution in [0.25, 0.3) is 60.9 Å². The van der Waals surface area contributed by atoms with Crippen LogP contribution >= 0.6 is 11.3 Å². The maximum atomic E-state index is 2.37. The van der Waals surface area contributed by atoms with E-state index < -0.39 is 0 Å². The van der Waals surface area contributed by atoms with E-state index in [4.69, 9.17) is 0 Å². The van der Waals surface area contributed by atoms with Crippen LogP contribution in [-0.2, 0) is 0 Å². The summed E-state index contributed by atoms with van der Waals surface area (Å²) >= 11 is 1.87. The Bertz CT molecular complexity index is 1730. The van der Waals surface area contributed by atoms with Crippen molar-refractivity contribution in [1.29, 1.82) is 0 Å². The van der Waals surface area contributed by atoms with Gasteiger partial charge in [-0.05, 0) is 72.7 Å². The van der Waals surface area contributed by atoms with Gasteiger partial charge in [-0.15, -0.1) is 11.3 Å². The molecule has 2 heterocycles. The third-order valence-corrected chi connectivity index (χ3v) is 7.58. The van der Waals surface area contributed by atoms with Gasteiger partial charge in [0.25, 0.3) is 0 Å². The molecule has 0 amide bonds. The molecule has 32 heavy (non-hydrogen) atoms. The monoisotopic (exact) mass is 429 g/mol. The van der Waals surface area contributed by atoms with E-state index in [-0.39, 0.29) is 0 Å². The van der Waals surface area contributed by atoms with Crippen LogP contribution in [0.15, 0.2) is 91.0 Å². The summed E-state index contributed by atoms with van der Waals surface area (Å²) in [5.74, 6) is 0. The number of aromatic nitrogens is 1. The summed E-state index contributed by atoms with van der Waals surface area (Å²) in [5.41, 5.74) is 6.19. The number of thiophene rings is 1. The van der Waals surface area contributed by atoms with Gasteiger partial charge < -0.3 is 4.57 Å². The molecule has 2 aromatic heterocycles. The van der Waals surface area contributed by atoms with Gasteiger partial charge in [-0.3, -0.25) is 0 Å². The SMILES string of the molecule is CC=c1sc2ccc(-c3ccc4c(c3)c3ccccc3n4-c3ccccc3)cc2c1=CC. The van der Waals surface area contributed by atoms with E-state index in [0.29, 0.717) is 0 Å². The fraction of sp³-hybridized carbons (Fsp3) is 0.0667. The predicted octanol–water partition coefficient (Wildman–Crippen LogP) is 7.27. The molecule has 0 unspecified atom stereocenters. The lowest BCUT2D eigenvalue weighted by atomic mass is 10.0. The van der Waals surface area contributed by atoms with E-state index in [0.717, 1.165) is 0 Å². The Morgan fingerprint density at radius 3 is 2.09 bits per heavy atom. The third-order valence-electron chi connectivity index (χ3n) is 6.33. The second kappa shape index (κ2) is 7.51. The second-order valence-electron chi connectivity index (χ2n) is 8.09. The number of hydrogen-bond acceptors (Lipinski definition) is 1. The molecule has 0 N–H and O–H groups in total. The molecule has 0 aliphatic rings. The van der Waals surface area contributed by atoms with Crippen molar-refractivity contribution in [2.75, 3.05) is 0 Å². The van der Waals surface area contributed by atoms with E-state index in [2.05, 4.69) is 122 Å². The number of benzene rings is 4. The summed E-state index contributed by atoms with van der Waals surface area (Å²) in [7, 11) is 0. The molecule has 0 radical (unpaired) electrons. The minimum Gasteiger partial charge on any atom is -0.309 e. The minimum atomic E-state index is 1.19. The maximum Gasteiger partial charge on any atom is 0.0541 e. The van der Waals surface area contributed by atoms with Gasteiger partial charge in [-0.1, -0.05) is 60.7 Å². The molecular weight excluding hydrogens is 406 g/mol. The Morgan fingerprint density at radius 1 is 0.625 bits per heavy atom. The molecule has 2 heteroatoms. The van der Waals surface area contributed by atoms with E-state index in [1.54, 1.807) is 0 Å². The highest BCUT2D eigenvalue weighted by molar-refractivity contribution is 7.17. The Hall–Kier alpha value is -3.62. The van der Waals surface area contributed by atoms with Crippen molar-refractivity contribution in [1.82, 2.24) is 4.57 Å². The quantitative estimate of drug-likeness (QED) is 0.273. The van der Waals surface area contributed by atoms with E-state index in [1.807, 2.05) is 11.3 Å². The van der Waals surface area contributed by atoms with Crippen molar-refractivity contribution in [3.05, 3.63) is 101 Å². The second-order valence-corrected chi connectivity index (χ2v) is 9.17. The fourth-order valence-electron chi connectivity index (χ4n) is 4.84. The number of para-hydroxylation sites is 2. The Labute approximate surface area is 191 Å². The summed E-state index contributed by atoms with van der Waals surface area (Å²) in [4.78, 5) is 0. The highest BCUT2D eigenvalue weighted by Crippen LogP contribution is 2.35. The number of fused-ring (bicyclic) bond motifs is 4. The summed E-state index contributed by atoms with van der Waals surface area (Å²) in [6.45, 7) is 4.25. The smallest absolute Gasteiger partial charge is 0.0541 e. The number of hydrogen-bond donors (Lipinski definition) is 0. The number of nitrogens with zero attached hydrogens (tertiary/aromatic N) is 1. The zero-order valence-corrected chi connectivity index (χ0v) is 19.0. The van der Waals surface area contributed by atoms with Crippen molar-refractivity contribution in [2.45, 2.75) is 13.8 Å². The zero-order valence-electron chi connectivity index (χ0n) is 18.2. The lowest BCUT2D eigenvalue weighted by molar-refractivity contribution is 1.18. The van der Waals surface area contributed by atoms with Crippen molar-refractivity contribution in [3.63, 3.8) is 0 Å². The molecule has 0 spiro atoms. The Morgan fingerprint density at radius 2 is 1.31 bits per heavy atom. The van der Waals surface area contributed by atoms with Gasteiger partial charge >= 0.3 is 0 Å². The first-order chi connectivity index (χ1) is 15.8. The van der Waals surface area contributed by atoms with Crippen molar-refractivity contribution < 1.29 is 0 Å². The van der Waals surface area contributed by atoms with Crippen LogP contribution in [0, 0.1) is 0 Å². The van der Waals surface area contributed by atoms with Crippen LogP contribution in [0.2, 0.25) is 0 Å². The van der Waals surface area contributed by atoms with Crippen LogP contribution in [-0.4, -0.2) is 4.57 Å². The molecule has 0 aliphatic carbocycles. The lowest BCUT2D eigenvalue weighted by Crippen LogP contribution is -2.17. The highest BCUT2D eigenvalue weighted by Gasteiger charge is 2.13. The summed E-state index contributed by atoms with van der Waals surface area (Å²) in [6.07, 6.45) is 4.44. The standard InChI is InChI=1S/C30H23NS/c1-3-23-26-19-21(15-17-30(26)32-29(23)4-2)20-14-16-28-25(18-20)24-12-8-9-13-27(24)31(28)22-10-6-5-7-11-22/h3-19H,1-2H3. The Balaban J connectivity index is 1.62. The van der Waals surface area contributed by atoms with Gasteiger partial charge in [0.1, 0.15) is 0 Å². The van der Waals surface area contributed by atoms with Crippen LogP contribution < -0.4 is 9.75 Å². The minimum absolute atomic E-state index is 1.19. The molecule has 0 fully saturated rings. The molecule has 0 saturated heterocycles. The van der Waals surface area contributed by atoms with Crippen molar-refractivity contribution in [2.24, 2.45) is 0 Å². The topological polar surface area (TPSA) is 4.93 Å². The van der Waals surface area contributed by atoms with Gasteiger partial charge in [0.05, 0.1) is 11.0 Å². The molecule has 1 nitrogen and oxygen atoms in total. The van der Waals surface area contributed by atoms with Crippen LogP contribution in [0.4, 0.5) is 0 Å². The molecule has 0 aliphatic heterocycles. The van der Waals surface area contributed by atoms with Gasteiger partial charge in [-0.25, -0.2) is 0 Å². The summed E-state index contributed by atoms with van der Waals surface area (Å²) in [5, 5.41) is 5.26. The van der Waals surface area contributed by atoms with Crippen LogP contribution in [0.1, 0.15) is 13.8 Å².